The van der Waals surface area contributed by atoms with Crippen LogP contribution in [-0.2, 0) is 9.59 Å². The van der Waals surface area contributed by atoms with Gasteiger partial charge < -0.3 is 0 Å². The van der Waals surface area contributed by atoms with Crippen molar-refractivity contribution in [1.29, 1.82) is 0 Å². The van der Waals surface area contributed by atoms with Crippen LogP contribution in [0.2, 0.25) is 5.02 Å². The van der Waals surface area contributed by atoms with Crippen molar-refractivity contribution in [2.24, 2.45) is 11.3 Å². The zero-order chi connectivity index (χ0) is 19.9. The molecule has 4 rings (SSSR count). The van der Waals surface area contributed by atoms with Gasteiger partial charge in [0.1, 0.15) is 11.7 Å². The lowest BCUT2D eigenvalue weighted by Gasteiger charge is -2.35. The summed E-state index contributed by atoms with van der Waals surface area (Å²) in [5, 5.41) is 0.696. The van der Waals surface area contributed by atoms with Gasteiger partial charge in [0.05, 0.1) is 0 Å². The van der Waals surface area contributed by atoms with Gasteiger partial charge in [-0.1, -0.05) is 49.2 Å². The van der Waals surface area contributed by atoms with Crippen molar-refractivity contribution in [2.75, 3.05) is 0 Å². The zero-order valence-corrected chi connectivity index (χ0v) is 17.4. The van der Waals surface area contributed by atoms with Crippen LogP contribution in [0.4, 0.5) is 0 Å². The summed E-state index contributed by atoms with van der Waals surface area (Å²) in [5.41, 5.74) is 3.56. The second-order valence-electron chi connectivity index (χ2n) is 8.65. The molecule has 0 saturated heterocycles. The smallest absolute Gasteiger partial charge is 0.154 e. The topological polar surface area (TPSA) is 34.1 Å². The summed E-state index contributed by atoms with van der Waals surface area (Å²) in [6, 6.07) is 13.8. The van der Waals surface area contributed by atoms with Gasteiger partial charge in [0, 0.05) is 16.9 Å². The molecular weight excluding hydrogens is 368 g/mol. The van der Waals surface area contributed by atoms with E-state index in [-0.39, 0.29) is 11.6 Å². The fourth-order valence-electron chi connectivity index (χ4n) is 5.12. The fraction of sp³-hybridized carbons (Fsp3) is 0.440. The van der Waals surface area contributed by atoms with Gasteiger partial charge in [-0.25, -0.2) is 0 Å². The monoisotopic (exact) mass is 394 g/mol. The van der Waals surface area contributed by atoms with E-state index in [0.29, 0.717) is 17.4 Å². The normalized spacial score (nSPS) is 27.5. The molecule has 1 atom stereocenters. The summed E-state index contributed by atoms with van der Waals surface area (Å²) in [5.74, 6) is 0.396. The summed E-state index contributed by atoms with van der Waals surface area (Å²) in [6.07, 6.45) is 5.50. The first kappa shape index (κ1) is 19.4. The van der Waals surface area contributed by atoms with E-state index in [4.69, 9.17) is 11.6 Å². The van der Waals surface area contributed by atoms with Crippen molar-refractivity contribution in [3.8, 4) is 11.1 Å². The highest BCUT2D eigenvalue weighted by atomic mass is 35.5. The molecule has 0 amide bonds. The van der Waals surface area contributed by atoms with Crippen LogP contribution in [0.15, 0.2) is 42.5 Å². The Morgan fingerprint density at radius 1 is 1.00 bits per heavy atom. The van der Waals surface area contributed by atoms with E-state index < -0.39 is 11.3 Å². The van der Waals surface area contributed by atoms with Crippen LogP contribution < -0.4 is 0 Å². The van der Waals surface area contributed by atoms with Gasteiger partial charge in [0.15, 0.2) is 5.78 Å². The third-order valence-corrected chi connectivity index (χ3v) is 7.28. The largest absolute Gasteiger partial charge is 0.298 e. The summed E-state index contributed by atoms with van der Waals surface area (Å²) in [4.78, 5) is 26.5. The molecule has 2 aromatic rings. The van der Waals surface area contributed by atoms with Crippen LogP contribution in [-0.4, -0.2) is 11.6 Å². The first-order valence-electron chi connectivity index (χ1n) is 10.4. The van der Waals surface area contributed by atoms with Crippen LogP contribution in [0, 0.1) is 18.3 Å². The van der Waals surface area contributed by atoms with E-state index in [9.17, 15) is 9.59 Å². The van der Waals surface area contributed by atoms with E-state index >= 15 is 0 Å². The van der Waals surface area contributed by atoms with E-state index in [1.165, 1.54) is 6.42 Å². The van der Waals surface area contributed by atoms with Gasteiger partial charge in [-0.2, -0.15) is 0 Å². The molecule has 2 aliphatic rings. The van der Waals surface area contributed by atoms with E-state index in [2.05, 4.69) is 6.92 Å². The molecule has 3 heteroatoms. The molecule has 0 N–H and O–H groups in total. The standard InChI is InChI=1S/C25H27ClO2/c1-3-17-10-12-25(13-11-17)15-22(27)23(24(25)28)21-14-19(5-4-16(21)2)18-6-8-20(26)9-7-18/h4-9,14,17,23H,3,10-13,15H2,1-2H3. The average Bonchev–Trinajstić information content (AvgIpc) is 2.93. The Balaban J connectivity index is 1.67. The Hall–Kier alpha value is -1.93. The maximum absolute atomic E-state index is 13.5. The number of benzene rings is 2. The quantitative estimate of drug-likeness (QED) is 0.554. The minimum absolute atomic E-state index is 0.108. The number of aryl methyl sites for hydroxylation is 1. The van der Waals surface area contributed by atoms with Gasteiger partial charge >= 0.3 is 0 Å². The highest BCUT2D eigenvalue weighted by Gasteiger charge is 2.54. The lowest BCUT2D eigenvalue weighted by Crippen LogP contribution is -2.33. The molecule has 0 heterocycles. The molecule has 28 heavy (non-hydrogen) atoms. The molecular formula is C25H27ClO2. The Morgan fingerprint density at radius 3 is 2.29 bits per heavy atom. The van der Waals surface area contributed by atoms with Gasteiger partial charge in [0.25, 0.3) is 0 Å². The average molecular weight is 395 g/mol. The predicted molar refractivity (Wildman–Crippen MR) is 114 cm³/mol. The predicted octanol–water partition coefficient (Wildman–Crippen LogP) is 6.53. The molecule has 2 fully saturated rings. The SMILES string of the molecule is CCC1CCC2(CC1)CC(=O)C(c1cc(-c3ccc(Cl)cc3)ccc1C)C2=O. The van der Waals surface area contributed by atoms with Crippen molar-refractivity contribution in [2.45, 2.75) is 58.3 Å². The highest BCUT2D eigenvalue weighted by molar-refractivity contribution is 6.30. The van der Waals surface area contributed by atoms with Crippen molar-refractivity contribution in [1.82, 2.24) is 0 Å². The highest BCUT2D eigenvalue weighted by Crippen LogP contribution is 2.52. The number of rotatable bonds is 3. The fourth-order valence-corrected chi connectivity index (χ4v) is 5.25. The summed E-state index contributed by atoms with van der Waals surface area (Å²) in [7, 11) is 0. The number of carbonyl (C=O) groups excluding carboxylic acids is 2. The molecule has 1 spiro atoms. The van der Waals surface area contributed by atoms with E-state index in [1.54, 1.807) is 0 Å². The lowest BCUT2D eigenvalue weighted by molar-refractivity contribution is -0.129. The maximum atomic E-state index is 13.5. The Labute approximate surface area is 172 Å². The number of hydrogen-bond donors (Lipinski definition) is 0. The lowest BCUT2D eigenvalue weighted by atomic mass is 9.67. The molecule has 2 aromatic carbocycles. The molecule has 2 saturated carbocycles. The van der Waals surface area contributed by atoms with Crippen molar-refractivity contribution < 1.29 is 9.59 Å². The minimum atomic E-state index is -0.592. The van der Waals surface area contributed by atoms with Crippen LogP contribution in [0.1, 0.15) is 62.5 Å². The van der Waals surface area contributed by atoms with Crippen molar-refractivity contribution in [3.05, 3.63) is 58.6 Å². The molecule has 0 aromatic heterocycles. The minimum Gasteiger partial charge on any atom is -0.298 e. The van der Waals surface area contributed by atoms with Crippen LogP contribution in [0.5, 0.6) is 0 Å². The second-order valence-corrected chi connectivity index (χ2v) is 9.09. The Kier molecular flexibility index (Phi) is 5.18. The van der Waals surface area contributed by atoms with Crippen LogP contribution in [0.25, 0.3) is 11.1 Å². The molecule has 0 bridgehead atoms. The maximum Gasteiger partial charge on any atom is 0.154 e. The summed E-state index contributed by atoms with van der Waals surface area (Å²) < 4.78 is 0. The van der Waals surface area contributed by atoms with E-state index in [0.717, 1.165) is 47.9 Å². The molecule has 146 valence electrons. The van der Waals surface area contributed by atoms with Gasteiger partial charge in [-0.15, -0.1) is 0 Å². The van der Waals surface area contributed by atoms with Crippen molar-refractivity contribution in [3.63, 3.8) is 0 Å². The first-order valence-corrected chi connectivity index (χ1v) is 10.7. The number of carbonyl (C=O) groups is 2. The molecule has 0 radical (unpaired) electrons. The van der Waals surface area contributed by atoms with Crippen LogP contribution in [0.3, 0.4) is 0 Å². The molecule has 2 nitrogen and oxygen atoms in total. The zero-order valence-electron chi connectivity index (χ0n) is 16.6. The molecule has 2 aliphatic carbocycles. The first-order chi connectivity index (χ1) is 13.4. The number of hydrogen-bond acceptors (Lipinski definition) is 2. The Bertz CT molecular complexity index is 905. The summed E-state index contributed by atoms with van der Waals surface area (Å²) in [6.45, 7) is 4.22. The van der Waals surface area contributed by atoms with Crippen molar-refractivity contribution >= 4 is 23.2 Å². The third-order valence-electron chi connectivity index (χ3n) is 7.03. The number of halogens is 1. The number of ketones is 2. The third kappa shape index (κ3) is 3.33. The second kappa shape index (κ2) is 7.48. The summed E-state index contributed by atoms with van der Waals surface area (Å²) >= 11 is 6.01. The van der Waals surface area contributed by atoms with Crippen LogP contribution >= 0.6 is 11.6 Å². The Morgan fingerprint density at radius 2 is 1.64 bits per heavy atom. The van der Waals surface area contributed by atoms with Gasteiger partial charge in [-0.3, -0.25) is 9.59 Å². The van der Waals surface area contributed by atoms with E-state index in [1.807, 2.05) is 49.4 Å². The molecule has 1 unspecified atom stereocenters. The number of Topliss-reactive ketones (excluding diaryl/α,β-unsaturated/α-hetero) is 2. The van der Waals surface area contributed by atoms with Gasteiger partial charge in [-0.05, 0) is 79.0 Å². The molecule has 0 aliphatic heterocycles. The van der Waals surface area contributed by atoms with Gasteiger partial charge in [0.2, 0.25) is 0 Å².